The Bertz CT molecular complexity index is 720. The standard InChI is InChI=1S/C16H19N3O6/c17-9-5-1-2-8-14(20)11-10-15(21)19(25,16(11)22)13-7-4-3-6-12(13)18(23)24/h3-4,6-7,11H,1-2,5,8-10,17H2. The van der Waals surface area contributed by atoms with E-state index in [1.165, 1.54) is 12.1 Å². The summed E-state index contributed by atoms with van der Waals surface area (Å²) in [6, 6.07) is 4.80. The number of carbonyl (C=O) groups is 3. The minimum atomic E-state index is -2.09. The van der Waals surface area contributed by atoms with Gasteiger partial charge in [-0.25, -0.2) is 9.59 Å². The molecule has 1 aromatic carbocycles. The van der Waals surface area contributed by atoms with Crippen molar-refractivity contribution in [2.24, 2.45) is 11.7 Å². The normalized spacial score (nSPS) is 23.0. The van der Waals surface area contributed by atoms with E-state index in [0.717, 1.165) is 18.6 Å². The van der Waals surface area contributed by atoms with E-state index in [-0.39, 0.29) is 6.42 Å². The van der Waals surface area contributed by atoms with Gasteiger partial charge in [-0.05, 0) is 19.4 Å². The first-order valence-electron chi connectivity index (χ1n) is 7.98. The highest BCUT2D eigenvalue weighted by Crippen LogP contribution is 2.40. The lowest BCUT2D eigenvalue weighted by molar-refractivity contribution is -0.384. The van der Waals surface area contributed by atoms with Gasteiger partial charge in [0.1, 0.15) is 11.7 Å². The molecule has 25 heavy (non-hydrogen) atoms. The molecule has 0 saturated carbocycles. The number of nitro benzene ring substituents is 1. The predicted octanol–water partition coefficient (Wildman–Crippen LogP) is 1.56. The maximum atomic E-state index is 12.9. The van der Waals surface area contributed by atoms with Crippen molar-refractivity contribution in [2.45, 2.75) is 32.1 Å². The molecule has 1 aromatic rings. The van der Waals surface area contributed by atoms with Gasteiger partial charge in [0.25, 0.3) is 0 Å². The SMILES string of the molecule is NCCCCCC(=O)C1CC(=O)[N+]([O-])(c2ccccc2[N+](=O)[O-])C1=O. The fourth-order valence-electron chi connectivity index (χ4n) is 2.92. The number of nitro groups is 1. The van der Waals surface area contributed by atoms with Crippen LogP contribution in [-0.4, -0.2) is 29.1 Å². The summed E-state index contributed by atoms with van der Waals surface area (Å²) in [5.74, 6) is -4.03. The van der Waals surface area contributed by atoms with Crippen molar-refractivity contribution >= 4 is 29.0 Å². The number of benzene rings is 1. The monoisotopic (exact) mass is 349 g/mol. The van der Waals surface area contributed by atoms with Crippen LogP contribution in [0.25, 0.3) is 0 Å². The minimum Gasteiger partial charge on any atom is -0.612 e. The highest BCUT2D eigenvalue weighted by molar-refractivity contribution is 6.23. The van der Waals surface area contributed by atoms with Crippen LogP contribution in [0.5, 0.6) is 0 Å². The van der Waals surface area contributed by atoms with Gasteiger partial charge >= 0.3 is 17.5 Å². The van der Waals surface area contributed by atoms with E-state index >= 15 is 0 Å². The van der Waals surface area contributed by atoms with Crippen LogP contribution in [0.15, 0.2) is 24.3 Å². The summed E-state index contributed by atoms with van der Waals surface area (Å²) in [6.45, 7) is 0.493. The Morgan fingerprint density at radius 3 is 2.56 bits per heavy atom. The number of Topliss-reactive ketones (excluding diaryl/α,β-unsaturated/α-hetero) is 1. The number of hydrogen-bond donors (Lipinski definition) is 1. The van der Waals surface area contributed by atoms with Gasteiger partial charge < -0.3 is 10.9 Å². The van der Waals surface area contributed by atoms with Crippen LogP contribution >= 0.6 is 0 Å². The number of amides is 2. The molecular formula is C16H19N3O6. The van der Waals surface area contributed by atoms with Gasteiger partial charge in [-0.1, -0.05) is 18.6 Å². The smallest absolute Gasteiger partial charge is 0.337 e. The first-order valence-corrected chi connectivity index (χ1v) is 7.98. The molecule has 1 fully saturated rings. The van der Waals surface area contributed by atoms with Crippen LogP contribution < -0.4 is 10.4 Å². The quantitative estimate of drug-likeness (QED) is 0.143. The Kier molecular flexibility index (Phi) is 5.73. The zero-order valence-electron chi connectivity index (χ0n) is 13.6. The van der Waals surface area contributed by atoms with Crippen LogP contribution in [0.3, 0.4) is 0 Å². The zero-order valence-corrected chi connectivity index (χ0v) is 13.6. The molecule has 2 atom stereocenters. The lowest BCUT2D eigenvalue weighted by Gasteiger charge is -2.31. The highest BCUT2D eigenvalue weighted by atomic mass is 16.6. The van der Waals surface area contributed by atoms with Crippen molar-refractivity contribution in [2.75, 3.05) is 6.54 Å². The minimum absolute atomic E-state index is 0.0700. The maximum absolute atomic E-state index is 12.9. The number of nitrogens with two attached hydrogens (primary N) is 1. The number of hydrogen-bond acceptors (Lipinski definition) is 7. The van der Waals surface area contributed by atoms with Gasteiger partial charge in [-0.3, -0.25) is 14.9 Å². The fourth-order valence-corrected chi connectivity index (χ4v) is 2.92. The van der Waals surface area contributed by atoms with E-state index in [2.05, 4.69) is 0 Å². The Morgan fingerprint density at radius 1 is 1.24 bits per heavy atom. The summed E-state index contributed by atoms with van der Waals surface area (Å²) < 4.78 is -2.09. The fraction of sp³-hybridized carbons (Fsp3) is 0.438. The molecule has 2 amide bonds. The van der Waals surface area contributed by atoms with Crippen LogP contribution in [-0.2, 0) is 14.4 Å². The van der Waals surface area contributed by atoms with Gasteiger partial charge in [0.15, 0.2) is 0 Å². The van der Waals surface area contributed by atoms with E-state index in [0.29, 0.717) is 19.4 Å². The third-order valence-corrected chi connectivity index (χ3v) is 4.27. The van der Waals surface area contributed by atoms with Gasteiger partial charge in [-0.2, -0.15) is 4.65 Å². The number of unbranched alkanes of at least 4 members (excludes halogenated alkanes) is 2. The second-order valence-electron chi connectivity index (χ2n) is 5.91. The molecule has 0 spiro atoms. The Morgan fingerprint density at radius 2 is 1.92 bits per heavy atom. The van der Waals surface area contributed by atoms with Gasteiger partial charge in [0.05, 0.1) is 11.3 Å². The van der Waals surface area contributed by atoms with Crippen LogP contribution in [0.4, 0.5) is 11.4 Å². The van der Waals surface area contributed by atoms with E-state index in [1.807, 2.05) is 0 Å². The summed E-state index contributed by atoms with van der Waals surface area (Å²) in [5, 5.41) is 24.1. The molecule has 134 valence electrons. The molecule has 9 nitrogen and oxygen atoms in total. The van der Waals surface area contributed by atoms with Crippen molar-refractivity contribution in [1.82, 2.24) is 4.65 Å². The molecule has 9 heteroatoms. The van der Waals surface area contributed by atoms with Gasteiger partial charge in [0.2, 0.25) is 5.69 Å². The summed E-state index contributed by atoms with van der Waals surface area (Å²) in [5.41, 5.74) is 4.19. The molecule has 0 radical (unpaired) electrons. The second kappa shape index (κ2) is 7.60. The number of hydroxylamine groups is 2. The third kappa shape index (κ3) is 3.48. The number of ketones is 1. The summed E-state index contributed by atoms with van der Waals surface area (Å²) in [7, 11) is 0. The summed E-state index contributed by atoms with van der Waals surface area (Å²) >= 11 is 0. The molecule has 1 aliphatic heterocycles. The molecule has 1 saturated heterocycles. The Hall–Kier alpha value is -2.49. The van der Waals surface area contributed by atoms with Crippen molar-refractivity contribution in [3.8, 4) is 0 Å². The molecule has 1 aliphatic rings. The number of rotatable bonds is 8. The van der Waals surface area contributed by atoms with Crippen LogP contribution in [0.1, 0.15) is 32.1 Å². The van der Waals surface area contributed by atoms with Crippen molar-refractivity contribution in [3.05, 3.63) is 39.6 Å². The number of nitrogens with zero attached hydrogens (tertiary/aromatic N) is 2. The van der Waals surface area contributed by atoms with Gasteiger partial charge in [0, 0.05) is 18.6 Å². The average Bonchev–Trinajstić information content (AvgIpc) is 2.83. The average molecular weight is 349 g/mol. The van der Waals surface area contributed by atoms with Gasteiger partial charge in [-0.15, -0.1) is 0 Å². The molecule has 2 rings (SSSR count). The van der Waals surface area contributed by atoms with Crippen LogP contribution in [0.2, 0.25) is 0 Å². The third-order valence-electron chi connectivity index (χ3n) is 4.27. The topological polar surface area (TPSA) is 143 Å². The number of carbonyl (C=O) groups excluding carboxylic acids is 3. The van der Waals surface area contributed by atoms with E-state index in [4.69, 9.17) is 5.73 Å². The van der Waals surface area contributed by atoms with Crippen molar-refractivity contribution in [1.29, 1.82) is 0 Å². The van der Waals surface area contributed by atoms with Crippen molar-refractivity contribution < 1.29 is 19.3 Å². The number of quaternary nitrogens is 1. The molecule has 0 bridgehead atoms. The lowest BCUT2D eigenvalue weighted by atomic mass is 9.97. The largest absolute Gasteiger partial charge is 0.612 e. The number of imide groups is 1. The Labute approximate surface area is 143 Å². The molecular weight excluding hydrogens is 330 g/mol. The maximum Gasteiger partial charge on any atom is 0.337 e. The molecule has 0 aliphatic carbocycles. The van der Waals surface area contributed by atoms with E-state index in [9.17, 15) is 29.7 Å². The zero-order chi connectivity index (χ0) is 18.6. The van der Waals surface area contributed by atoms with Crippen molar-refractivity contribution in [3.63, 3.8) is 0 Å². The summed E-state index contributed by atoms with van der Waals surface area (Å²) in [6.07, 6.45) is 1.50. The predicted molar refractivity (Wildman–Crippen MR) is 88.9 cm³/mol. The molecule has 2 unspecified atom stereocenters. The molecule has 0 aromatic heterocycles. The molecule has 2 N–H and O–H groups in total. The van der Waals surface area contributed by atoms with E-state index in [1.54, 1.807) is 0 Å². The second-order valence-corrected chi connectivity index (χ2v) is 5.91. The first-order chi connectivity index (χ1) is 11.8. The number of para-hydroxylation sites is 2. The first kappa shape index (κ1) is 18.8. The van der Waals surface area contributed by atoms with E-state index < -0.39 is 50.9 Å². The Balaban J connectivity index is 2.26. The van der Waals surface area contributed by atoms with Crippen LogP contribution in [0, 0.1) is 21.2 Å². The lowest BCUT2D eigenvalue weighted by Crippen LogP contribution is -2.50. The summed E-state index contributed by atoms with van der Waals surface area (Å²) in [4.78, 5) is 47.2. The molecule has 1 heterocycles. The highest BCUT2D eigenvalue weighted by Gasteiger charge is 2.56.